The van der Waals surface area contributed by atoms with Crippen molar-refractivity contribution in [3.8, 4) is 56.4 Å². The lowest BCUT2D eigenvalue weighted by atomic mass is 9.67. The molecule has 8 aromatic rings. The molecule has 2 heterocycles. The van der Waals surface area contributed by atoms with Crippen LogP contribution >= 0.6 is 11.8 Å². The molecular formula is C46H29N3S. The third-order valence-electron chi connectivity index (χ3n) is 10.0. The number of rotatable bonds is 4. The Kier molecular flexibility index (Phi) is 6.64. The van der Waals surface area contributed by atoms with Gasteiger partial charge in [-0.05, 0) is 62.7 Å². The Morgan fingerprint density at radius 1 is 0.320 bits per heavy atom. The van der Waals surface area contributed by atoms with Gasteiger partial charge in [-0.2, -0.15) is 0 Å². The second kappa shape index (κ2) is 11.5. The summed E-state index contributed by atoms with van der Waals surface area (Å²) in [5.41, 5.74) is 12.8. The molecule has 0 radical (unpaired) electrons. The highest BCUT2D eigenvalue weighted by Crippen LogP contribution is 2.62. The van der Waals surface area contributed by atoms with Crippen LogP contribution in [0, 0.1) is 0 Å². The van der Waals surface area contributed by atoms with Crippen molar-refractivity contribution in [1.29, 1.82) is 0 Å². The van der Waals surface area contributed by atoms with Crippen LogP contribution in [0.25, 0.3) is 56.4 Å². The maximum absolute atomic E-state index is 4.94. The van der Waals surface area contributed by atoms with Crippen LogP contribution in [0.2, 0.25) is 0 Å². The standard InChI is InChI=1S/C46H29N3S/c1-3-13-31(14-4-1)43-47-44(32-15-5-2-6-16-32)49-45(48-43)33-25-23-30(24-26-33)34-27-28-38-36(29-34)35-17-7-8-18-37(35)46(38)39-19-9-11-21-41(39)50-42-22-12-10-20-40(42)46/h1-29H. The highest BCUT2D eigenvalue weighted by Gasteiger charge is 2.50. The van der Waals surface area contributed by atoms with Crippen LogP contribution in [-0.2, 0) is 5.41 Å². The van der Waals surface area contributed by atoms with Crippen molar-refractivity contribution in [2.75, 3.05) is 0 Å². The van der Waals surface area contributed by atoms with E-state index >= 15 is 0 Å². The van der Waals surface area contributed by atoms with E-state index < -0.39 is 0 Å². The molecule has 1 aliphatic carbocycles. The zero-order valence-electron chi connectivity index (χ0n) is 27.0. The molecule has 0 bridgehead atoms. The van der Waals surface area contributed by atoms with Crippen LogP contribution in [0.5, 0.6) is 0 Å². The van der Waals surface area contributed by atoms with E-state index in [1.807, 2.05) is 72.4 Å². The number of benzene rings is 7. The van der Waals surface area contributed by atoms with Crippen molar-refractivity contribution in [2.45, 2.75) is 15.2 Å². The van der Waals surface area contributed by atoms with Gasteiger partial charge in [-0.3, -0.25) is 0 Å². The molecule has 0 amide bonds. The first-order chi connectivity index (χ1) is 24.8. The number of hydrogen-bond donors (Lipinski definition) is 0. The lowest BCUT2D eigenvalue weighted by Gasteiger charge is -2.39. The molecule has 4 heteroatoms. The highest BCUT2D eigenvalue weighted by atomic mass is 32.2. The molecule has 7 aromatic carbocycles. The summed E-state index contributed by atoms with van der Waals surface area (Å²) < 4.78 is 0. The van der Waals surface area contributed by atoms with Crippen LogP contribution < -0.4 is 0 Å². The average molecular weight is 656 g/mol. The predicted octanol–water partition coefficient (Wildman–Crippen LogP) is 11.4. The highest BCUT2D eigenvalue weighted by molar-refractivity contribution is 7.99. The minimum atomic E-state index is -0.363. The van der Waals surface area contributed by atoms with Crippen molar-refractivity contribution in [1.82, 2.24) is 15.0 Å². The van der Waals surface area contributed by atoms with Gasteiger partial charge < -0.3 is 0 Å². The van der Waals surface area contributed by atoms with Crippen LogP contribution in [0.4, 0.5) is 0 Å². The Morgan fingerprint density at radius 2 is 0.740 bits per heavy atom. The monoisotopic (exact) mass is 655 g/mol. The molecule has 0 fully saturated rings. The number of aromatic nitrogens is 3. The summed E-state index contributed by atoms with van der Waals surface area (Å²) in [6.45, 7) is 0. The first-order valence-corrected chi connectivity index (χ1v) is 17.7. The van der Waals surface area contributed by atoms with Gasteiger partial charge >= 0.3 is 0 Å². The van der Waals surface area contributed by atoms with Crippen molar-refractivity contribution in [3.63, 3.8) is 0 Å². The predicted molar refractivity (Wildman–Crippen MR) is 203 cm³/mol. The molecule has 0 saturated carbocycles. The Bertz CT molecular complexity index is 2460. The minimum absolute atomic E-state index is 0.363. The fraction of sp³-hybridized carbons (Fsp3) is 0.0217. The van der Waals surface area contributed by atoms with E-state index in [4.69, 9.17) is 15.0 Å². The van der Waals surface area contributed by atoms with E-state index in [0.29, 0.717) is 17.5 Å². The summed E-state index contributed by atoms with van der Waals surface area (Å²) in [7, 11) is 0. The molecule has 0 unspecified atom stereocenters. The fourth-order valence-corrected chi connectivity index (χ4v) is 8.98. The van der Waals surface area contributed by atoms with E-state index in [1.165, 1.54) is 48.7 Å². The molecule has 234 valence electrons. The van der Waals surface area contributed by atoms with Gasteiger partial charge in [0.15, 0.2) is 17.5 Å². The smallest absolute Gasteiger partial charge is 0.164 e. The average Bonchev–Trinajstić information content (AvgIpc) is 3.48. The van der Waals surface area contributed by atoms with Gasteiger partial charge in [0.1, 0.15) is 0 Å². The number of hydrogen-bond acceptors (Lipinski definition) is 4. The van der Waals surface area contributed by atoms with E-state index in [-0.39, 0.29) is 5.41 Å². The first kappa shape index (κ1) is 28.9. The van der Waals surface area contributed by atoms with E-state index in [9.17, 15) is 0 Å². The summed E-state index contributed by atoms with van der Waals surface area (Å²) in [5.74, 6) is 1.98. The quantitative estimate of drug-likeness (QED) is 0.189. The normalized spacial score (nSPS) is 13.3. The molecule has 50 heavy (non-hydrogen) atoms. The Hall–Kier alpha value is -6.10. The van der Waals surface area contributed by atoms with Crippen molar-refractivity contribution in [3.05, 3.63) is 198 Å². The van der Waals surface area contributed by atoms with Crippen LogP contribution in [0.15, 0.2) is 186 Å². The largest absolute Gasteiger partial charge is 0.208 e. The third-order valence-corrected chi connectivity index (χ3v) is 11.2. The van der Waals surface area contributed by atoms with E-state index in [0.717, 1.165) is 22.3 Å². The number of nitrogens with zero attached hydrogens (tertiary/aromatic N) is 3. The summed E-state index contributed by atoms with van der Waals surface area (Å²) >= 11 is 1.88. The third kappa shape index (κ3) is 4.42. The lowest BCUT2D eigenvalue weighted by Crippen LogP contribution is -2.31. The van der Waals surface area contributed by atoms with Gasteiger partial charge in [0.2, 0.25) is 0 Å². The Labute approximate surface area is 295 Å². The van der Waals surface area contributed by atoms with Gasteiger partial charge in [0.05, 0.1) is 5.41 Å². The second-order valence-electron chi connectivity index (χ2n) is 12.8. The van der Waals surface area contributed by atoms with Crippen molar-refractivity contribution >= 4 is 11.8 Å². The number of fused-ring (bicyclic) bond motifs is 9. The summed E-state index contributed by atoms with van der Waals surface area (Å²) in [4.78, 5) is 17.4. The van der Waals surface area contributed by atoms with Gasteiger partial charge in [-0.15, -0.1) is 0 Å². The lowest BCUT2D eigenvalue weighted by molar-refractivity contribution is 0.722. The summed E-state index contributed by atoms with van der Waals surface area (Å²) in [6, 6.07) is 62.7. The van der Waals surface area contributed by atoms with Crippen molar-refractivity contribution in [2.24, 2.45) is 0 Å². The molecule has 0 atom stereocenters. The molecule has 1 aliphatic heterocycles. The topological polar surface area (TPSA) is 38.7 Å². The van der Waals surface area contributed by atoms with Crippen LogP contribution in [0.3, 0.4) is 0 Å². The molecule has 1 spiro atoms. The molecule has 10 rings (SSSR count). The zero-order valence-corrected chi connectivity index (χ0v) is 27.8. The van der Waals surface area contributed by atoms with Crippen LogP contribution in [-0.4, -0.2) is 15.0 Å². The molecule has 0 N–H and O–H groups in total. The molecule has 3 nitrogen and oxygen atoms in total. The van der Waals surface area contributed by atoms with Crippen molar-refractivity contribution < 1.29 is 0 Å². The summed E-state index contributed by atoms with van der Waals surface area (Å²) in [5, 5.41) is 0. The van der Waals surface area contributed by atoms with Gasteiger partial charge in [0.25, 0.3) is 0 Å². The first-order valence-electron chi connectivity index (χ1n) is 16.9. The minimum Gasteiger partial charge on any atom is -0.208 e. The van der Waals surface area contributed by atoms with Crippen LogP contribution in [0.1, 0.15) is 22.3 Å². The maximum atomic E-state index is 4.94. The Balaban J connectivity index is 1.09. The van der Waals surface area contributed by atoms with Gasteiger partial charge in [-0.25, -0.2) is 15.0 Å². The molecule has 2 aliphatic rings. The second-order valence-corrected chi connectivity index (χ2v) is 13.8. The Morgan fingerprint density at radius 3 is 1.32 bits per heavy atom. The molecule has 1 aromatic heterocycles. The molecular weight excluding hydrogens is 627 g/mol. The summed E-state index contributed by atoms with van der Waals surface area (Å²) in [6.07, 6.45) is 0. The van der Waals surface area contributed by atoms with E-state index in [2.05, 4.69) is 115 Å². The van der Waals surface area contributed by atoms with E-state index in [1.54, 1.807) is 0 Å². The van der Waals surface area contributed by atoms with Gasteiger partial charge in [-0.1, -0.05) is 169 Å². The maximum Gasteiger partial charge on any atom is 0.164 e. The van der Waals surface area contributed by atoms with Gasteiger partial charge in [0, 0.05) is 26.5 Å². The zero-order chi connectivity index (χ0) is 33.1. The fourth-order valence-electron chi connectivity index (χ4n) is 7.79. The molecule has 0 saturated heterocycles. The SMILES string of the molecule is c1ccc(-c2nc(-c3ccccc3)nc(-c3ccc(-c4ccc5c(c4)-c4ccccc4C54c5ccccc5Sc5ccccc54)cc3)n2)cc1.